The number of benzene rings is 1. The minimum absolute atomic E-state index is 0.197. The highest BCUT2D eigenvalue weighted by molar-refractivity contribution is 6.44. The molecule has 0 saturated heterocycles. The molecule has 1 aromatic carbocycles. The van der Waals surface area contributed by atoms with Gasteiger partial charge in [-0.15, -0.1) is 0 Å². The number of hydrogen-bond acceptors (Lipinski definition) is 2. The van der Waals surface area contributed by atoms with Gasteiger partial charge in [0.1, 0.15) is 10.8 Å². The van der Waals surface area contributed by atoms with Crippen LogP contribution in [0.1, 0.15) is 10.5 Å². The number of carbonyl (C=O) groups is 1. The Morgan fingerprint density at radius 1 is 0.889 bits per heavy atom. The van der Waals surface area contributed by atoms with Crippen molar-refractivity contribution >= 4 is 52.7 Å². The van der Waals surface area contributed by atoms with Crippen LogP contribution < -0.4 is 0 Å². The molecule has 0 amide bonds. The lowest BCUT2D eigenvalue weighted by atomic mass is 10.0. The second kappa shape index (κ2) is 5.45. The molecule has 0 saturated carbocycles. The number of aldehydes is 1. The molecule has 18 heavy (non-hydrogen) atoms. The van der Waals surface area contributed by atoms with Gasteiger partial charge in [0.05, 0.1) is 15.1 Å². The predicted octanol–water partition coefficient (Wildman–Crippen LogP) is 5.17. The Hall–Kier alpha value is -0.800. The molecule has 0 bridgehead atoms. The SMILES string of the molecule is O=Cc1nc(Cl)ccc1-c1cc(Cl)c(Cl)cc1Cl. The van der Waals surface area contributed by atoms with E-state index in [1.54, 1.807) is 18.2 Å². The average molecular weight is 321 g/mol. The molecular formula is C12H5Cl4NO. The van der Waals surface area contributed by atoms with E-state index in [1.807, 2.05) is 0 Å². The van der Waals surface area contributed by atoms with Gasteiger partial charge in [0.15, 0.2) is 6.29 Å². The van der Waals surface area contributed by atoms with E-state index in [0.29, 0.717) is 32.5 Å². The van der Waals surface area contributed by atoms with Crippen LogP contribution in [-0.4, -0.2) is 11.3 Å². The van der Waals surface area contributed by atoms with E-state index in [9.17, 15) is 4.79 Å². The van der Waals surface area contributed by atoms with Gasteiger partial charge in [-0.25, -0.2) is 4.98 Å². The Bertz CT molecular complexity index is 628. The van der Waals surface area contributed by atoms with Crippen LogP contribution in [0, 0.1) is 0 Å². The lowest BCUT2D eigenvalue weighted by Crippen LogP contribution is -1.93. The Labute approximate surface area is 123 Å². The lowest BCUT2D eigenvalue weighted by Gasteiger charge is -2.08. The quantitative estimate of drug-likeness (QED) is 0.434. The Morgan fingerprint density at radius 3 is 2.22 bits per heavy atom. The van der Waals surface area contributed by atoms with Gasteiger partial charge < -0.3 is 0 Å². The second-order valence-corrected chi connectivity index (χ2v) is 5.04. The molecule has 0 aliphatic rings. The van der Waals surface area contributed by atoms with Gasteiger partial charge in [-0.05, 0) is 24.3 Å². The minimum atomic E-state index is 0.197. The van der Waals surface area contributed by atoms with E-state index in [2.05, 4.69) is 4.98 Å². The smallest absolute Gasteiger partial charge is 0.169 e. The van der Waals surface area contributed by atoms with E-state index in [-0.39, 0.29) is 10.8 Å². The number of carbonyl (C=O) groups excluding carboxylic acids is 1. The molecule has 6 heteroatoms. The first kappa shape index (κ1) is 13.6. The molecule has 0 unspecified atom stereocenters. The summed E-state index contributed by atoms with van der Waals surface area (Å²) in [6.07, 6.45) is 0.611. The van der Waals surface area contributed by atoms with Crippen molar-refractivity contribution in [2.24, 2.45) is 0 Å². The fourth-order valence-electron chi connectivity index (χ4n) is 1.50. The van der Waals surface area contributed by atoms with Crippen molar-refractivity contribution in [3.05, 3.63) is 50.2 Å². The molecule has 0 radical (unpaired) electrons. The van der Waals surface area contributed by atoms with Crippen molar-refractivity contribution in [3.8, 4) is 11.1 Å². The molecule has 2 rings (SSSR count). The standard InChI is InChI=1S/C12H5Cl4NO/c13-8-4-10(15)9(14)3-7(8)6-1-2-12(16)17-11(6)5-18/h1-5H. The summed E-state index contributed by atoms with van der Waals surface area (Å²) in [7, 11) is 0. The van der Waals surface area contributed by atoms with E-state index in [0.717, 1.165) is 0 Å². The highest BCUT2D eigenvalue weighted by Crippen LogP contribution is 2.36. The van der Waals surface area contributed by atoms with Crippen molar-refractivity contribution in [1.82, 2.24) is 4.98 Å². The van der Waals surface area contributed by atoms with Crippen LogP contribution in [0.2, 0.25) is 20.2 Å². The summed E-state index contributed by atoms with van der Waals surface area (Å²) in [5.74, 6) is 0. The van der Waals surface area contributed by atoms with Crippen LogP contribution in [0.5, 0.6) is 0 Å². The van der Waals surface area contributed by atoms with Gasteiger partial charge in [-0.3, -0.25) is 4.79 Å². The predicted molar refractivity (Wildman–Crippen MR) is 75.1 cm³/mol. The highest BCUT2D eigenvalue weighted by atomic mass is 35.5. The summed E-state index contributed by atoms with van der Waals surface area (Å²) >= 11 is 23.6. The number of nitrogens with zero attached hydrogens (tertiary/aromatic N) is 1. The molecule has 2 nitrogen and oxygen atoms in total. The number of pyridine rings is 1. The van der Waals surface area contributed by atoms with Crippen molar-refractivity contribution in [1.29, 1.82) is 0 Å². The molecular weight excluding hydrogens is 316 g/mol. The first-order chi connectivity index (χ1) is 8.52. The summed E-state index contributed by atoms with van der Waals surface area (Å²) in [4.78, 5) is 14.9. The number of aromatic nitrogens is 1. The average Bonchev–Trinajstić information content (AvgIpc) is 2.34. The first-order valence-corrected chi connectivity index (χ1v) is 6.30. The topological polar surface area (TPSA) is 30.0 Å². The molecule has 0 fully saturated rings. The zero-order chi connectivity index (χ0) is 13.3. The maximum atomic E-state index is 11.0. The number of rotatable bonds is 2. The molecule has 2 aromatic rings. The van der Waals surface area contributed by atoms with E-state index < -0.39 is 0 Å². The molecule has 0 N–H and O–H groups in total. The third-order valence-electron chi connectivity index (χ3n) is 2.30. The van der Waals surface area contributed by atoms with Crippen LogP contribution in [0.4, 0.5) is 0 Å². The molecule has 0 spiro atoms. The van der Waals surface area contributed by atoms with Crippen LogP contribution in [-0.2, 0) is 0 Å². The number of halogens is 4. The van der Waals surface area contributed by atoms with Gasteiger partial charge in [-0.1, -0.05) is 46.4 Å². The van der Waals surface area contributed by atoms with Gasteiger partial charge in [-0.2, -0.15) is 0 Å². The summed E-state index contributed by atoms with van der Waals surface area (Å²) in [5.41, 5.74) is 1.33. The summed E-state index contributed by atoms with van der Waals surface area (Å²) in [6, 6.07) is 6.33. The Morgan fingerprint density at radius 2 is 1.56 bits per heavy atom. The molecule has 0 aliphatic carbocycles. The second-order valence-electron chi connectivity index (χ2n) is 3.43. The zero-order valence-electron chi connectivity index (χ0n) is 8.75. The third kappa shape index (κ3) is 2.62. The van der Waals surface area contributed by atoms with Crippen molar-refractivity contribution in [2.75, 3.05) is 0 Å². The highest BCUT2D eigenvalue weighted by Gasteiger charge is 2.13. The summed E-state index contributed by atoms with van der Waals surface area (Å²) in [5, 5.41) is 1.32. The minimum Gasteiger partial charge on any atom is -0.296 e. The monoisotopic (exact) mass is 319 g/mol. The molecule has 0 atom stereocenters. The molecule has 1 heterocycles. The summed E-state index contributed by atoms with van der Waals surface area (Å²) in [6.45, 7) is 0. The van der Waals surface area contributed by atoms with E-state index >= 15 is 0 Å². The van der Waals surface area contributed by atoms with Crippen LogP contribution in [0.25, 0.3) is 11.1 Å². The largest absolute Gasteiger partial charge is 0.296 e. The van der Waals surface area contributed by atoms with Crippen LogP contribution >= 0.6 is 46.4 Å². The molecule has 0 aliphatic heterocycles. The molecule has 92 valence electrons. The Kier molecular flexibility index (Phi) is 4.13. The number of hydrogen-bond donors (Lipinski definition) is 0. The van der Waals surface area contributed by atoms with Crippen molar-refractivity contribution < 1.29 is 4.79 Å². The van der Waals surface area contributed by atoms with Gasteiger partial charge in [0.2, 0.25) is 0 Å². The third-order valence-corrected chi connectivity index (χ3v) is 3.55. The van der Waals surface area contributed by atoms with Crippen LogP contribution in [0.15, 0.2) is 24.3 Å². The fraction of sp³-hybridized carbons (Fsp3) is 0. The van der Waals surface area contributed by atoms with Gasteiger partial charge in [0, 0.05) is 11.1 Å². The fourth-order valence-corrected chi connectivity index (χ4v) is 2.30. The Balaban J connectivity index is 2.69. The summed E-state index contributed by atoms with van der Waals surface area (Å²) < 4.78 is 0. The lowest BCUT2D eigenvalue weighted by molar-refractivity contribution is 0.111. The van der Waals surface area contributed by atoms with Crippen molar-refractivity contribution in [3.63, 3.8) is 0 Å². The van der Waals surface area contributed by atoms with Crippen molar-refractivity contribution in [2.45, 2.75) is 0 Å². The van der Waals surface area contributed by atoms with E-state index in [4.69, 9.17) is 46.4 Å². The molecule has 1 aromatic heterocycles. The maximum Gasteiger partial charge on any atom is 0.169 e. The normalized spacial score (nSPS) is 10.4. The zero-order valence-corrected chi connectivity index (χ0v) is 11.8. The maximum absolute atomic E-state index is 11.0. The van der Waals surface area contributed by atoms with E-state index in [1.165, 1.54) is 6.07 Å². The van der Waals surface area contributed by atoms with Gasteiger partial charge in [0.25, 0.3) is 0 Å². The first-order valence-electron chi connectivity index (χ1n) is 4.79. The van der Waals surface area contributed by atoms with Crippen LogP contribution in [0.3, 0.4) is 0 Å². The van der Waals surface area contributed by atoms with Gasteiger partial charge >= 0.3 is 0 Å².